The molecule has 1 N–H and O–H groups in total. The van der Waals surface area contributed by atoms with Crippen LogP contribution in [0.1, 0.15) is 55.9 Å². The molecule has 0 bridgehead atoms. The number of allylic oxidation sites excluding steroid dienone is 3. The molecular weight excluding hydrogens is 466 g/mol. The van der Waals surface area contributed by atoms with Crippen LogP contribution in [-0.4, -0.2) is 37.5 Å². The van der Waals surface area contributed by atoms with Gasteiger partial charge in [-0.2, -0.15) is 0 Å². The van der Waals surface area contributed by atoms with E-state index in [1.54, 1.807) is 35.6 Å². The molecule has 2 atom stereocenters. The first-order valence-electron chi connectivity index (χ1n) is 11.7. The molecule has 1 aromatic carbocycles. The van der Waals surface area contributed by atoms with Crippen LogP contribution in [0.2, 0.25) is 0 Å². The largest absolute Gasteiger partial charge is 0.460 e. The molecule has 1 aromatic heterocycles. The van der Waals surface area contributed by atoms with Gasteiger partial charge in [0.25, 0.3) is 0 Å². The van der Waals surface area contributed by atoms with Crippen molar-refractivity contribution in [2.45, 2.75) is 45.4 Å². The normalized spacial score (nSPS) is 19.8. The Morgan fingerprint density at radius 1 is 1.11 bits per heavy atom. The minimum Gasteiger partial charge on any atom is -0.460 e. The third kappa shape index (κ3) is 5.55. The predicted octanol–water partition coefficient (Wildman–Crippen LogP) is 4.61. The van der Waals surface area contributed by atoms with Crippen LogP contribution in [0.5, 0.6) is 5.75 Å². The third-order valence-electron chi connectivity index (χ3n) is 6.13. The number of benzene rings is 1. The van der Waals surface area contributed by atoms with Crippen LogP contribution in [0.15, 0.2) is 64.3 Å². The number of carbonyl (C=O) groups is 3. The van der Waals surface area contributed by atoms with Gasteiger partial charge in [-0.15, -0.1) is 11.3 Å². The fraction of sp³-hybridized carbons (Fsp3) is 0.370. The zero-order chi connectivity index (χ0) is 24.9. The van der Waals surface area contributed by atoms with Crippen LogP contribution >= 0.6 is 11.3 Å². The van der Waals surface area contributed by atoms with Crippen LogP contribution in [0.25, 0.3) is 0 Å². The van der Waals surface area contributed by atoms with Gasteiger partial charge in [-0.3, -0.25) is 9.59 Å². The maximum atomic E-state index is 13.5. The van der Waals surface area contributed by atoms with Crippen LogP contribution in [0.4, 0.5) is 0 Å². The van der Waals surface area contributed by atoms with E-state index in [4.69, 9.17) is 14.2 Å². The second-order valence-corrected chi connectivity index (χ2v) is 9.51. The number of hydrogen-bond donors (Lipinski definition) is 1. The summed E-state index contributed by atoms with van der Waals surface area (Å²) in [6.45, 7) is 6.02. The lowest BCUT2D eigenvalue weighted by Crippen LogP contribution is -2.36. The van der Waals surface area contributed by atoms with E-state index in [-0.39, 0.29) is 18.3 Å². The number of Topliss-reactive ketones (excluding diaryl/α,β-unsaturated/α-hetero) is 1. The van der Waals surface area contributed by atoms with Gasteiger partial charge in [-0.05, 0) is 49.4 Å². The lowest BCUT2D eigenvalue weighted by molar-refractivity contribution is -0.141. The van der Waals surface area contributed by atoms with Crippen molar-refractivity contribution in [1.29, 1.82) is 0 Å². The highest BCUT2D eigenvalue weighted by molar-refractivity contribution is 7.10. The number of ketones is 1. The maximum absolute atomic E-state index is 13.5. The molecule has 184 valence electrons. The molecule has 1 aliphatic heterocycles. The average Bonchev–Trinajstić information content (AvgIpc) is 3.36. The molecule has 2 aliphatic rings. The summed E-state index contributed by atoms with van der Waals surface area (Å²) in [5, 5.41) is 5.37. The van der Waals surface area contributed by atoms with Crippen molar-refractivity contribution in [2.75, 3.05) is 19.8 Å². The third-order valence-corrected chi connectivity index (χ3v) is 7.17. The molecule has 0 spiro atoms. The Bertz CT molecular complexity index is 1160. The van der Waals surface area contributed by atoms with Crippen molar-refractivity contribution in [1.82, 2.24) is 5.32 Å². The molecule has 7 nitrogen and oxygen atoms in total. The van der Waals surface area contributed by atoms with Crippen LogP contribution in [-0.2, 0) is 23.9 Å². The maximum Gasteiger partial charge on any atom is 0.336 e. The Morgan fingerprint density at radius 2 is 1.89 bits per heavy atom. The summed E-state index contributed by atoms with van der Waals surface area (Å²) in [4.78, 5) is 39.3. The van der Waals surface area contributed by atoms with Crippen LogP contribution in [0, 0.1) is 0 Å². The highest BCUT2D eigenvalue weighted by atomic mass is 32.1. The number of rotatable bonds is 8. The molecule has 0 radical (unpaired) electrons. The molecule has 0 unspecified atom stereocenters. The fourth-order valence-corrected chi connectivity index (χ4v) is 5.51. The summed E-state index contributed by atoms with van der Waals surface area (Å²) >= 11 is 1.65. The van der Waals surface area contributed by atoms with Gasteiger partial charge in [0, 0.05) is 53.6 Å². The van der Waals surface area contributed by atoms with Crippen molar-refractivity contribution in [3.8, 4) is 5.75 Å². The Morgan fingerprint density at radius 3 is 2.54 bits per heavy atom. The highest BCUT2D eigenvalue weighted by Crippen LogP contribution is 2.46. The fourth-order valence-electron chi connectivity index (χ4n) is 4.68. The lowest BCUT2D eigenvalue weighted by atomic mass is 9.72. The van der Waals surface area contributed by atoms with Gasteiger partial charge in [0.15, 0.2) is 5.78 Å². The van der Waals surface area contributed by atoms with E-state index in [9.17, 15) is 14.4 Å². The summed E-state index contributed by atoms with van der Waals surface area (Å²) in [5.41, 5.74) is 3.27. The van der Waals surface area contributed by atoms with E-state index >= 15 is 0 Å². The van der Waals surface area contributed by atoms with Gasteiger partial charge in [0.2, 0.25) is 0 Å². The van der Waals surface area contributed by atoms with Gasteiger partial charge < -0.3 is 19.5 Å². The SMILES string of the molecule is CCOCCOC(=O)C1=C(C)NC2=C(C(=O)C[C@@H](c3cccs3)C2)[C@@H]1c1ccc(OC(C)=O)cc1. The van der Waals surface area contributed by atoms with Crippen LogP contribution < -0.4 is 10.1 Å². The number of dihydropyridines is 1. The van der Waals surface area contributed by atoms with Gasteiger partial charge in [0.1, 0.15) is 12.4 Å². The molecule has 0 fully saturated rings. The predicted molar refractivity (Wildman–Crippen MR) is 132 cm³/mol. The van der Waals surface area contributed by atoms with Crippen molar-refractivity contribution in [3.63, 3.8) is 0 Å². The Labute approximate surface area is 208 Å². The average molecular weight is 496 g/mol. The van der Waals surface area contributed by atoms with E-state index in [0.29, 0.717) is 48.6 Å². The van der Waals surface area contributed by atoms with Crippen LogP contribution in [0.3, 0.4) is 0 Å². The molecule has 8 heteroatoms. The molecule has 35 heavy (non-hydrogen) atoms. The van der Waals surface area contributed by atoms with Gasteiger partial charge in [0.05, 0.1) is 12.2 Å². The molecule has 4 rings (SSSR count). The number of hydrogen-bond acceptors (Lipinski definition) is 8. The summed E-state index contributed by atoms with van der Waals surface area (Å²) < 4.78 is 16.0. The Hall–Kier alpha value is -3.23. The summed E-state index contributed by atoms with van der Waals surface area (Å²) in [6, 6.07) is 11.0. The first kappa shape index (κ1) is 24.9. The topological polar surface area (TPSA) is 90.9 Å². The molecule has 1 aliphatic carbocycles. The summed E-state index contributed by atoms with van der Waals surface area (Å²) in [7, 11) is 0. The van der Waals surface area contributed by atoms with Crippen molar-refractivity contribution in [3.05, 3.63) is 74.8 Å². The molecule has 0 saturated carbocycles. The van der Waals surface area contributed by atoms with E-state index in [1.165, 1.54) is 11.8 Å². The first-order chi connectivity index (χ1) is 16.9. The minimum atomic E-state index is -0.575. The van der Waals surface area contributed by atoms with Gasteiger partial charge in [-0.1, -0.05) is 18.2 Å². The van der Waals surface area contributed by atoms with E-state index in [1.807, 2.05) is 25.3 Å². The number of esters is 2. The second kappa shape index (κ2) is 11.0. The van der Waals surface area contributed by atoms with Crippen molar-refractivity contribution >= 4 is 29.1 Å². The highest BCUT2D eigenvalue weighted by Gasteiger charge is 2.41. The van der Waals surface area contributed by atoms with Gasteiger partial charge >= 0.3 is 11.9 Å². The molecule has 0 saturated heterocycles. The smallest absolute Gasteiger partial charge is 0.336 e. The lowest BCUT2D eigenvalue weighted by Gasteiger charge is -2.36. The number of ether oxygens (including phenoxy) is 3. The number of nitrogens with one attached hydrogen (secondary N) is 1. The number of carbonyl (C=O) groups excluding carboxylic acids is 3. The van der Waals surface area contributed by atoms with E-state index in [2.05, 4.69) is 11.4 Å². The molecule has 2 heterocycles. The van der Waals surface area contributed by atoms with E-state index < -0.39 is 17.9 Å². The zero-order valence-corrected chi connectivity index (χ0v) is 20.9. The Kier molecular flexibility index (Phi) is 7.83. The first-order valence-corrected chi connectivity index (χ1v) is 12.6. The quantitative estimate of drug-likeness (QED) is 0.325. The Balaban J connectivity index is 1.70. The van der Waals surface area contributed by atoms with Crippen molar-refractivity contribution in [2.24, 2.45) is 0 Å². The van der Waals surface area contributed by atoms with E-state index in [0.717, 1.165) is 11.3 Å². The zero-order valence-electron chi connectivity index (χ0n) is 20.1. The summed E-state index contributed by atoms with van der Waals surface area (Å²) in [6.07, 6.45) is 1.07. The molecular formula is C27H29NO6S. The summed E-state index contributed by atoms with van der Waals surface area (Å²) in [5.74, 6) is -0.955. The molecule has 2 aromatic rings. The second-order valence-electron chi connectivity index (χ2n) is 8.53. The standard InChI is InChI=1S/C27H29NO6S/c1-4-32-11-12-33-27(31)24-16(2)28-21-14-19(23-6-5-13-35-23)15-22(30)26(21)25(24)18-7-9-20(10-8-18)34-17(3)29/h5-10,13,19,25,28H,4,11-12,14-15H2,1-3H3/t19-,25+/m0/s1. The number of thiophene rings is 1. The van der Waals surface area contributed by atoms with Crippen molar-refractivity contribution < 1.29 is 28.6 Å². The monoisotopic (exact) mass is 495 g/mol. The molecule has 0 amide bonds. The van der Waals surface area contributed by atoms with Gasteiger partial charge in [-0.25, -0.2) is 4.79 Å². The minimum absolute atomic E-state index is 0.0123.